The average Bonchev–Trinajstić information content (AvgIpc) is 3.29. The lowest BCUT2D eigenvalue weighted by atomic mass is 9.87. The molecule has 0 aliphatic carbocycles. The number of nitrogens with zero attached hydrogens (tertiary/aromatic N) is 1. The third-order valence-electron chi connectivity index (χ3n) is 5.09. The number of hydrogen-bond donors (Lipinski definition) is 2. The summed E-state index contributed by atoms with van der Waals surface area (Å²) in [4.78, 5) is 11.6. The summed E-state index contributed by atoms with van der Waals surface area (Å²) in [7, 11) is 0. The van der Waals surface area contributed by atoms with Gasteiger partial charge >= 0.3 is 0 Å². The van der Waals surface area contributed by atoms with Crippen molar-refractivity contribution >= 4 is 21.8 Å². The van der Waals surface area contributed by atoms with Crippen LogP contribution >= 0.6 is 0 Å². The molecule has 3 nitrogen and oxygen atoms in total. The molecule has 3 heterocycles. The Bertz CT molecular complexity index is 1120. The largest absolute Gasteiger partial charge is 0.361 e. The minimum atomic E-state index is 0.0721. The first kappa shape index (κ1) is 15.0. The van der Waals surface area contributed by atoms with Gasteiger partial charge in [-0.15, -0.1) is 0 Å². The van der Waals surface area contributed by atoms with E-state index in [0.717, 1.165) is 16.7 Å². The molecule has 0 saturated carbocycles. The zero-order chi connectivity index (χ0) is 17.5. The number of aromatic amines is 2. The molecule has 0 aliphatic rings. The quantitative estimate of drug-likeness (QED) is 0.446. The van der Waals surface area contributed by atoms with Crippen LogP contribution < -0.4 is 0 Å². The number of aromatic nitrogens is 3. The van der Waals surface area contributed by atoms with Crippen LogP contribution in [0.3, 0.4) is 0 Å². The second-order valence-electron chi connectivity index (χ2n) is 6.77. The van der Waals surface area contributed by atoms with Crippen LogP contribution in [0.2, 0.25) is 0 Å². The summed E-state index contributed by atoms with van der Waals surface area (Å²) < 4.78 is 0. The molecule has 0 unspecified atom stereocenters. The molecule has 0 spiro atoms. The van der Waals surface area contributed by atoms with E-state index in [1.54, 1.807) is 0 Å². The summed E-state index contributed by atoms with van der Waals surface area (Å²) in [5.74, 6) is 0.0721. The number of H-pyrrole nitrogens is 2. The Morgan fingerprint density at radius 1 is 0.731 bits per heavy atom. The van der Waals surface area contributed by atoms with Crippen LogP contribution in [-0.4, -0.2) is 15.0 Å². The number of benzene rings is 2. The Labute approximate surface area is 151 Å². The molecule has 26 heavy (non-hydrogen) atoms. The Hall–Kier alpha value is -3.33. The van der Waals surface area contributed by atoms with Crippen LogP contribution in [-0.2, 0) is 0 Å². The van der Waals surface area contributed by atoms with Crippen molar-refractivity contribution < 1.29 is 0 Å². The first-order valence-electron chi connectivity index (χ1n) is 8.86. The van der Waals surface area contributed by atoms with Gasteiger partial charge in [0.2, 0.25) is 0 Å². The highest BCUT2D eigenvalue weighted by Gasteiger charge is 2.24. The van der Waals surface area contributed by atoms with E-state index >= 15 is 0 Å². The van der Waals surface area contributed by atoms with Gasteiger partial charge in [0.15, 0.2) is 0 Å². The summed E-state index contributed by atoms with van der Waals surface area (Å²) in [5.41, 5.74) is 7.04. The van der Waals surface area contributed by atoms with E-state index in [1.165, 1.54) is 27.5 Å². The van der Waals surface area contributed by atoms with Crippen molar-refractivity contribution in [2.75, 3.05) is 0 Å². The monoisotopic (exact) mass is 337 g/mol. The van der Waals surface area contributed by atoms with E-state index in [4.69, 9.17) is 4.98 Å². The maximum Gasteiger partial charge on any atom is 0.0555 e. The van der Waals surface area contributed by atoms with E-state index in [-0.39, 0.29) is 5.92 Å². The molecular weight excluding hydrogens is 318 g/mol. The standard InChI is InChI=1S/C23H19N3/c1-15-10-11-22(24-12-15)23(18-13-25-20-8-4-2-6-16(18)20)19-14-26-21-9-5-3-7-17(19)21/h2-14,23,25-26H,1H3. The summed E-state index contributed by atoms with van der Waals surface area (Å²) >= 11 is 0. The molecule has 3 heteroatoms. The van der Waals surface area contributed by atoms with Crippen molar-refractivity contribution in [2.45, 2.75) is 12.8 Å². The van der Waals surface area contributed by atoms with E-state index < -0.39 is 0 Å². The number of aryl methyl sites for hydroxylation is 1. The number of pyridine rings is 1. The Morgan fingerprint density at radius 3 is 1.85 bits per heavy atom. The fourth-order valence-corrected chi connectivity index (χ4v) is 3.80. The van der Waals surface area contributed by atoms with Gasteiger partial charge in [-0.05, 0) is 41.8 Å². The molecule has 0 fully saturated rings. The van der Waals surface area contributed by atoms with Crippen LogP contribution in [0.25, 0.3) is 21.8 Å². The van der Waals surface area contributed by atoms with Gasteiger partial charge in [-0.1, -0.05) is 42.5 Å². The molecule has 0 saturated heterocycles. The number of hydrogen-bond acceptors (Lipinski definition) is 1. The highest BCUT2D eigenvalue weighted by Crippen LogP contribution is 2.38. The third-order valence-corrected chi connectivity index (χ3v) is 5.09. The van der Waals surface area contributed by atoms with Crippen molar-refractivity contribution in [3.8, 4) is 0 Å². The Balaban J connectivity index is 1.79. The second kappa shape index (κ2) is 5.88. The molecule has 0 atom stereocenters. The lowest BCUT2D eigenvalue weighted by molar-refractivity contribution is 0.930. The zero-order valence-corrected chi connectivity index (χ0v) is 14.5. The van der Waals surface area contributed by atoms with Crippen LogP contribution in [0.15, 0.2) is 79.3 Å². The SMILES string of the molecule is Cc1ccc(C(c2c[nH]c3ccccc23)c2c[nH]c3ccccc23)nc1. The lowest BCUT2D eigenvalue weighted by Crippen LogP contribution is -2.04. The summed E-state index contributed by atoms with van der Waals surface area (Å²) in [6.45, 7) is 2.07. The fraction of sp³-hybridized carbons (Fsp3) is 0.0870. The van der Waals surface area contributed by atoms with Gasteiger partial charge in [-0.25, -0.2) is 0 Å². The maximum atomic E-state index is 4.78. The molecule has 0 bridgehead atoms. The molecule has 3 aromatic heterocycles. The van der Waals surface area contributed by atoms with Crippen LogP contribution in [0.4, 0.5) is 0 Å². The van der Waals surface area contributed by atoms with Gasteiger partial charge in [0, 0.05) is 40.4 Å². The van der Waals surface area contributed by atoms with Gasteiger partial charge in [-0.3, -0.25) is 4.98 Å². The van der Waals surface area contributed by atoms with Crippen molar-refractivity contribution in [2.24, 2.45) is 0 Å². The molecular formula is C23H19N3. The van der Waals surface area contributed by atoms with Gasteiger partial charge < -0.3 is 9.97 Å². The summed E-state index contributed by atoms with van der Waals surface area (Å²) in [6, 6.07) is 21.2. The summed E-state index contributed by atoms with van der Waals surface area (Å²) in [6.07, 6.45) is 6.20. The van der Waals surface area contributed by atoms with Crippen molar-refractivity contribution in [1.82, 2.24) is 15.0 Å². The smallest absolute Gasteiger partial charge is 0.0555 e. The number of nitrogens with one attached hydrogen (secondary N) is 2. The molecule has 0 aliphatic heterocycles. The molecule has 0 amide bonds. The van der Waals surface area contributed by atoms with Crippen molar-refractivity contribution in [3.05, 3.63) is 102 Å². The predicted octanol–water partition coefficient (Wildman–Crippen LogP) is 5.53. The van der Waals surface area contributed by atoms with Crippen LogP contribution in [0.5, 0.6) is 0 Å². The molecule has 5 rings (SSSR count). The van der Waals surface area contributed by atoms with E-state index in [9.17, 15) is 0 Å². The van der Waals surface area contributed by atoms with Gasteiger partial charge in [0.05, 0.1) is 11.6 Å². The lowest BCUT2D eigenvalue weighted by Gasteiger charge is -2.16. The fourth-order valence-electron chi connectivity index (χ4n) is 3.80. The molecule has 5 aromatic rings. The number of fused-ring (bicyclic) bond motifs is 2. The maximum absolute atomic E-state index is 4.78. The number of para-hydroxylation sites is 2. The highest BCUT2D eigenvalue weighted by molar-refractivity contribution is 5.88. The second-order valence-corrected chi connectivity index (χ2v) is 6.77. The topological polar surface area (TPSA) is 44.5 Å². The van der Waals surface area contributed by atoms with E-state index in [2.05, 4.69) is 89.9 Å². The minimum Gasteiger partial charge on any atom is -0.361 e. The Kier molecular flexibility index (Phi) is 3.39. The average molecular weight is 337 g/mol. The normalized spacial score (nSPS) is 11.6. The number of rotatable bonds is 3. The third kappa shape index (κ3) is 2.32. The molecule has 0 radical (unpaired) electrons. The first-order valence-corrected chi connectivity index (χ1v) is 8.86. The first-order chi connectivity index (χ1) is 12.8. The summed E-state index contributed by atoms with van der Waals surface area (Å²) in [5, 5.41) is 2.48. The molecule has 126 valence electrons. The molecule has 2 aromatic carbocycles. The predicted molar refractivity (Wildman–Crippen MR) is 107 cm³/mol. The van der Waals surface area contributed by atoms with Crippen molar-refractivity contribution in [3.63, 3.8) is 0 Å². The Morgan fingerprint density at radius 2 is 1.31 bits per heavy atom. The van der Waals surface area contributed by atoms with Crippen LogP contribution in [0, 0.1) is 6.92 Å². The van der Waals surface area contributed by atoms with Crippen LogP contribution in [0.1, 0.15) is 28.3 Å². The van der Waals surface area contributed by atoms with E-state index in [1.807, 2.05) is 6.20 Å². The van der Waals surface area contributed by atoms with Gasteiger partial charge in [0.1, 0.15) is 0 Å². The minimum absolute atomic E-state index is 0.0721. The van der Waals surface area contributed by atoms with Gasteiger partial charge in [0.25, 0.3) is 0 Å². The van der Waals surface area contributed by atoms with Crippen molar-refractivity contribution in [1.29, 1.82) is 0 Å². The molecule has 2 N–H and O–H groups in total. The highest BCUT2D eigenvalue weighted by atomic mass is 14.7. The van der Waals surface area contributed by atoms with E-state index in [0.29, 0.717) is 0 Å². The van der Waals surface area contributed by atoms with Gasteiger partial charge in [-0.2, -0.15) is 0 Å². The zero-order valence-electron chi connectivity index (χ0n) is 14.5.